The van der Waals surface area contributed by atoms with Crippen molar-refractivity contribution in [2.24, 2.45) is 0 Å². The van der Waals surface area contributed by atoms with E-state index in [4.69, 9.17) is 9.47 Å². The van der Waals surface area contributed by atoms with Crippen molar-refractivity contribution in [3.8, 4) is 5.75 Å². The van der Waals surface area contributed by atoms with Crippen LogP contribution in [0, 0.1) is 0 Å². The van der Waals surface area contributed by atoms with Gasteiger partial charge in [0.1, 0.15) is 5.75 Å². The molecule has 1 aliphatic carbocycles. The summed E-state index contributed by atoms with van der Waals surface area (Å²) in [5, 5.41) is 20.1. The van der Waals surface area contributed by atoms with Gasteiger partial charge in [0.2, 0.25) is 0 Å². The largest absolute Gasteiger partial charge is 0.507 e. The van der Waals surface area contributed by atoms with Crippen LogP contribution in [0.1, 0.15) is 53.9 Å². The van der Waals surface area contributed by atoms with Gasteiger partial charge >= 0.3 is 0 Å². The van der Waals surface area contributed by atoms with Gasteiger partial charge in [-0.05, 0) is 36.0 Å². The SMILES string of the molecule is COCc1cc(C2CCCC2)c(CO)c(COC)c1O. The van der Waals surface area contributed by atoms with Crippen LogP contribution in [0.25, 0.3) is 0 Å². The molecule has 20 heavy (non-hydrogen) atoms. The van der Waals surface area contributed by atoms with Gasteiger partial charge in [0.25, 0.3) is 0 Å². The Bertz CT molecular complexity index is 450. The normalized spacial score (nSPS) is 15.9. The Morgan fingerprint density at radius 1 is 1.10 bits per heavy atom. The number of hydrogen-bond acceptors (Lipinski definition) is 4. The molecule has 1 aromatic rings. The van der Waals surface area contributed by atoms with Crippen molar-refractivity contribution in [3.63, 3.8) is 0 Å². The van der Waals surface area contributed by atoms with Crippen LogP contribution in [0.3, 0.4) is 0 Å². The first-order valence-corrected chi connectivity index (χ1v) is 7.18. The number of aromatic hydroxyl groups is 1. The van der Waals surface area contributed by atoms with E-state index in [2.05, 4.69) is 0 Å². The molecule has 0 unspecified atom stereocenters. The van der Waals surface area contributed by atoms with Gasteiger partial charge in [-0.1, -0.05) is 12.8 Å². The molecule has 1 aromatic carbocycles. The van der Waals surface area contributed by atoms with Crippen LogP contribution in [0.4, 0.5) is 0 Å². The van der Waals surface area contributed by atoms with Gasteiger partial charge in [0.15, 0.2) is 0 Å². The fourth-order valence-electron chi connectivity index (χ4n) is 3.21. The predicted octanol–water partition coefficient (Wildman–Crippen LogP) is 2.83. The summed E-state index contributed by atoms with van der Waals surface area (Å²) in [6, 6.07) is 2.00. The number of hydrogen-bond donors (Lipinski definition) is 2. The second kappa shape index (κ2) is 7.07. The highest BCUT2D eigenvalue weighted by Gasteiger charge is 2.24. The average Bonchev–Trinajstić information content (AvgIpc) is 2.97. The monoisotopic (exact) mass is 280 g/mol. The first kappa shape index (κ1) is 15.3. The van der Waals surface area contributed by atoms with Crippen molar-refractivity contribution < 1.29 is 19.7 Å². The molecule has 2 N–H and O–H groups in total. The maximum atomic E-state index is 10.4. The lowest BCUT2D eigenvalue weighted by molar-refractivity contribution is 0.171. The number of aliphatic hydroxyl groups excluding tert-OH is 1. The number of phenols is 1. The van der Waals surface area contributed by atoms with E-state index in [0.29, 0.717) is 24.7 Å². The molecule has 4 heteroatoms. The second-order valence-corrected chi connectivity index (χ2v) is 5.44. The Labute approximate surface area is 120 Å². The Morgan fingerprint density at radius 3 is 2.30 bits per heavy atom. The number of phenolic OH excluding ortho intramolecular Hbond substituents is 1. The zero-order valence-corrected chi connectivity index (χ0v) is 12.3. The first-order valence-electron chi connectivity index (χ1n) is 7.18. The Morgan fingerprint density at radius 2 is 1.75 bits per heavy atom. The first-order chi connectivity index (χ1) is 9.72. The lowest BCUT2D eigenvalue weighted by atomic mass is 9.88. The molecule has 1 aliphatic rings. The summed E-state index contributed by atoms with van der Waals surface area (Å²) >= 11 is 0. The molecular formula is C16H24O4. The molecule has 0 bridgehead atoms. The van der Waals surface area contributed by atoms with Crippen LogP contribution in [0.15, 0.2) is 6.07 Å². The molecule has 0 spiro atoms. The van der Waals surface area contributed by atoms with Crippen molar-refractivity contribution in [2.75, 3.05) is 14.2 Å². The Balaban J connectivity index is 2.51. The Kier molecular flexibility index (Phi) is 5.40. The molecule has 0 aliphatic heterocycles. The maximum Gasteiger partial charge on any atom is 0.126 e. The molecule has 0 aromatic heterocycles. The van der Waals surface area contributed by atoms with E-state index in [1.54, 1.807) is 14.2 Å². The van der Waals surface area contributed by atoms with Crippen molar-refractivity contribution in [1.29, 1.82) is 0 Å². The van der Waals surface area contributed by atoms with E-state index in [1.807, 2.05) is 6.07 Å². The minimum absolute atomic E-state index is 0.0641. The van der Waals surface area contributed by atoms with Gasteiger partial charge in [0.05, 0.1) is 19.8 Å². The van der Waals surface area contributed by atoms with Gasteiger partial charge in [-0.25, -0.2) is 0 Å². The van der Waals surface area contributed by atoms with Gasteiger partial charge in [-0.3, -0.25) is 0 Å². The van der Waals surface area contributed by atoms with Crippen molar-refractivity contribution in [3.05, 3.63) is 28.3 Å². The van der Waals surface area contributed by atoms with Crippen LogP contribution in [0.5, 0.6) is 5.75 Å². The fraction of sp³-hybridized carbons (Fsp3) is 0.625. The van der Waals surface area contributed by atoms with E-state index in [-0.39, 0.29) is 12.4 Å². The van der Waals surface area contributed by atoms with Crippen molar-refractivity contribution in [2.45, 2.75) is 51.4 Å². The third kappa shape index (κ3) is 2.97. The van der Waals surface area contributed by atoms with E-state index >= 15 is 0 Å². The summed E-state index contributed by atoms with van der Waals surface area (Å²) in [6.45, 7) is 0.609. The Hall–Kier alpha value is -1.10. The van der Waals surface area contributed by atoms with Crippen LogP contribution in [-0.4, -0.2) is 24.4 Å². The summed E-state index contributed by atoms with van der Waals surface area (Å²) in [6.07, 6.45) is 4.76. The molecule has 112 valence electrons. The zero-order valence-electron chi connectivity index (χ0n) is 12.3. The number of methoxy groups -OCH3 is 2. The topological polar surface area (TPSA) is 58.9 Å². The fourth-order valence-corrected chi connectivity index (χ4v) is 3.21. The van der Waals surface area contributed by atoms with Gasteiger partial charge in [-0.2, -0.15) is 0 Å². The van der Waals surface area contributed by atoms with Crippen LogP contribution in [0.2, 0.25) is 0 Å². The molecule has 0 saturated heterocycles. The van der Waals surface area contributed by atoms with Crippen LogP contribution < -0.4 is 0 Å². The average molecular weight is 280 g/mol. The lowest BCUT2D eigenvalue weighted by Crippen LogP contribution is -2.08. The van der Waals surface area contributed by atoms with Crippen molar-refractivity contribution in [1.82, 2.24) is 0 Å². The molecule has 4 nitrogen and oxygen atoms in total. The molecule has 0 amide bonds. The number of aliphatic hydroxyl groups is 1. The van der Waals surface area contributed by atoms with E-state index in [9.17, 15) is 10.2 Å². The van der Waals surface area contributed by atoms with Crippen molar-refractivity contribution >= 4 is 0 Å². The van der Waals surface area contributed by atoms with E-state index in [0.717, 1.165) is 29.5 Å². The third-order valence-electron chi connectivity index (χ3n) is 4.17. The van der Waals surface area contributed by atoms with Crippen LogP contribution >= 0.6 is 0 Å². The standard InChI is InChI=1S/C16H24O4/c1-19-9-12-7-13(11-5-3-4-6-11)14(8-17)15(10-20-2)16(12)18/h7,11,17-18H,3-6,8-10H2,1-2H3. The minimum Gasteiger partial charge on any atom is -0.507 e. The predicted molar refractivity (Wildman–Crippen MR) is 76.7 cm³/mol. The highest BCUT2D eigenvalue weighted by atomic mass is 16.5. The van der Waals surface area contributed by atoms with E-state index < -0.39 is 0 Å². The number of rotatable bonds is 6. The highest BCUT2D eigenvalue weighted by Crippen LogP contribution is 2.40. The van der Waals surface area contributed by atoms with Gasteiger partial charge in [-0.15, -0.1) is 0 Å². The number of benzene rings is 1. The molecule has 0 atom stereocenters. The van der Waals surface area contributed by atoms with Crippen LogP contribution in [-0.2, 0) is 29.3 Å². The lowest BCUT2D eigenvalue weighted by Gasteiger charge is -2.21. The molecule has 1 saturated carbocycles. The van der Waals surface area contributed by atoms with E-state index in [1.165, 1.54) is 12.8 Å². The summed E-state index contributed by atoms with van der Waals surface area (Å²) < 4.78 is 10.4. The van der Waals surface area contributed by atoms with Gasteiger partial charge < -0.3 is 19.7 Å². The summed E-state index contributed by atoms with van der Waals surface area (Å²) in [4.78, 5) is 0. The molecule has 0 heterocycles. The molecular weight excluding hydrogens is 256 g/mol. The maximum absolute atomic E-state index is 10.4. The third-order valence-corrected chi connectivity index (χ3v) is 4.17. The minimum atomic E-state index is -0.0641. The summed E-state index contributed by atoms with van der Waals surface area (Å²) in [5.41, 5.74) is 3.46. The summed E-state index contributed by atoms with van der Waals surface area (Å²) in [5.74, 6) is 0.670. The molecule has 0 radical (unpaired) electrons. The molecule has 2 rings (SSSR count). The highest BCUT2D eigenvalue weighted by molar-refractivity contribution is 5.50. The molecule has 1 fully saturated rings. The van der Waals surface area contributed by atoms with Gasteiger partial charge in [0, 0.05) is 25.3 Å². The number of ether oxygens (including phenoxy) is 2. The quantitative estimate of drug-likeness (QED) is 0.841. The second-order valence-electron chi connectivity index (χ2n) is 5.44. The summed E-state index contributed by atoms with van der Waals surface area (Å²) in [7, 11) is 3.21. The zero-order chi connectivity index (χ0) is 14.5. The smallest absolute Gasteiger partial charge is 0.126 e.